The maximum Gasteiger partial charge on any atom is 0.239 e. The molecule has 1 N–H and O–H groups in total. The van der Waals surface area contributed by atoms with E-state index in [1.807, 2.05) is 30.3 Å². The van der Waals surface area contributed by atoms with Crippen LogP contribution in [0.5, 0.6) is 0 Å². The van der Waals surface area contributed by atoms with Gasteiger partial charge in [-0.2, -0.15) is 0 Å². The molecular formula is C17H15FN2O2. The Labute approximate surface area is 127 Å². The van der Waals surface area contributed by atoms with Gasteiger partial charge in [0.2, 0.25) is 11.8 Å². The lowest BCUT2D eigenvalue weighted by Gasteiger charge is -2.16. The smallest absolute Gasteiger partial charge is 0.239 e. The minimum Gasteiger partial charge on any atom is -0.325 e. The highest BCUT2D eigenvalue weighted by molar-refractivity contribution is 6.13. The molecule has 5 heteroatoms. The number of benzene rings is 2. The Hall–Kier alpha value is -2.69. The summed E-state index contributed by atoms with van der Waals surface area (Å²) in [6.45, 7) is 0.518. The van der Waals surface area contributed by atoms with Crippen molar-refractivity contribution in [3.63, 3.8) is 0 Å². The number of amides is 2. The molecule has 2 amide bonds. The Morgan fingerprint density at radius 2 is 1.77 bits per heavy atom. The van der Waals surface area contributed by atoms with E-state index in [0.29, 0.717) is 18.7 Å². The third-order valence-electron chi connectivity index (χ3n) is 3.70. The van der Waals surface area contributed by atoms with Gasteiger partial charge in [-0.3, -0.25) is 9.59 Å². The van der Waals surface area contributed by atoms with Crippen molar-refractivity contribution in [3.8, 4) is 0 Å². The van der Waals surface area contributed by atoms with Gasteiger partial charge in [-0.05, 0) is 42.8 Å². The topological polar surface area (TPSA) is 49.4 Å². The van der Waals surface area contributed by atoms with Crippen LogP contribution >= 0.6 is 0 Å². The first-order valence-corrected chi connectivity index (χ1v) is 7.08. The van der Waals surface area contributed by atoms with Crippen LogP contribution in [0.15, 0.2) is 54.6 Å². The molecule has 0 spiro atoms. The third kappa shape index (κ3) is 2.83. The largest absolute Gasteiger partial charge is 0.325 e. The Balaban J connectivity index is 1.69. The minimum absolute atomic E-state index is 0.203. The van der Waals surface area contributed by atoms with E-state index in [9.17, 15) is 14.0 Å². The van der Waals surface area contributed by atoms with Gasteiger partial charge in [0, 0.05) is 17.9 Å². The number of para-hydroxylation sites is 1. The van der Waals surface area contributed by atoms with E-state index in [1.54, 1.807) is 4.90 Å². The number of hydrogen-bond donors (Lipinski definition) is 1. The van der Waals surface area contributed by atoms with Gasteiger partial charge in [0.1, 0.15) is 11.7 Å². The lowest BCUT2D eigenvalue weighted by molar-refractivity contribution is -0.129. The zero-order valence-corrected chi connectivity index (χ0v) is 11.8. The maximum atomic E-state index is 12.9. The minimum atomic E-state index is -0.703. The first-order chi connectivity index (χ1) is 10.6. The van der Waals surface area contributed by atoms with Crippen LogP contribution < -0.4 is 10.2 Å². The van der Waals surface area contributed by atoms with Gasteiger partial charge in [-0.25, -0.2) is 4.39 Å². The number of carbonyl (C=O) groups excluding carboxylic acids is 2. The highest BCUT2D eigenvalue weighted by atomic mass is 19.1. The van der Waals surface area contributed by atoms with Crippen LogP contribution in [0.3, 0.4) is 0 Å². The fraction of sp³-hybridized carbons (Fsp3) is 0.176. The molecule has 0 saturated carbocycles. The van der Waals surface area contributed by atoms with E-state index in [2.05, 4.69) is 5.32 Å². The van der Waals surface area contributed by atoms with E-state index >= 15 is 0 Å². The molecule has 0 aliphatic carbocycles. The number of nitrogens with zero attached hydrogens (tertiary/aromatic N) is 1. The van der Waals surface area contributed by atoms with E-state index in [0.717, 1.165) is 5.69 Å². The molecular weight excluding hydrogens is 283 g/mol. The standard InChI is InChI=1S/C17H15FN2O2/c18-12-6-8-13(9-7-12)19-16(21)15-10-11-20(17(15)22)14-4-2-1-3-5-14/h1-9,15H,10-11H2,(H,19,21). The first-order valence-electron chi connectivity index (χ1n) is 7.08. The van der Waals surface area contributed by atoms with Crippen molar-refractivity contribution in [2.75, 3.05) is 16.8 Å². The lowest BCUT2D eigenvalue weighted by atomic mass is 10.1. The van der Waals surface area contributed by atoms with Crippen molar-refractivity contribution >= 4 is 23.2 Å². The Morgan fingerprint density at radius 1 is 1.09 bits per heavy atom. The van der Waals surface area contributed by atoms with E-state index in [1.165, 1.54) is 24.3 Å². The number of carbonyl (C=O) groups is 2. The molecule has 22 heavy (non-hydrogen) atoms. The third-order valence-corrected chi connectivity index (χ3v) is 3.70. The van der Waals surface area contributed by atoms with E-state index in [4.69, 9.17) is 0 Å². The SMILES string of the molecule is O=C(Nc1ccc(F)cc1)C1CCN(c2ccccc2)C1=O. The van der Waals surface area contributed by atoms with Crippen LogP contribution in [-0.4, -0.2) is 18.4 Å². The molecule has 1 saturated heterocycles. The van der Waals surface area contributed by atoms with Crippen molar-refractivity contribution in [2.45, 2.75) is 6.42 Å². The molecule has 1 atom stereocenters. The van der Waals surface area contributed by atoms with Gasteiger partial charge in [0.25, 0.3) is 0 Å². The van der Waals surface area contributed by atoms with Gasteiger partial charge in [0.15, 0.2) is 0 Å². The second-order valence-electron chi connectivity index (χ2n) is 5.16. The number of anilines is 2. The zero-order chi connectivity index (χ0) is 15.5. The Kier molecular flexibility index (Phi) is 3.87. The predicted molar refractivity (Wildman–Crippen MR) is 81.9 cm³/mol. The molecule has 0 radical (unpaired) electrons. The summed E-state index contributed by atoms with van der Waals surface area (Å²) in [5.74, 6) is -1.63. The molecule has 2 aromatic rings. The lowest BCUT2D eigenvalue weighted by Crippen LogP contribution is -2.33. The van der Waals surface area contributed by atoms with Crippen molar-refractivity contribution in [2.24, 2.45) is 5.92 Å². The molecule has 1 heterocycles. The average Bonchev–Trinajstić information content (AvgIpc) is 2.92. The van der Waals surface area contributed by atoms with Gasteiger partial charge in [-0.15, -0.1) is 0 Å². The monoisotopic (exact) mass is 298 g/mol. The van der Waals surface area contributed by atoms with Gasteiger partial charge in [0.05, 0.1) is 0 Å². The maximum absolute atomic E-state index is 12.9. The number of rotatable bonds is 3. The number of hydrogen-bond acceptors (Lipinski definition) is 2. The fourth-order valence-corrected chi connectivity index (χ4v) is 2.55. The number of nitrogens with one attached hydrogen (secondary N) is 1. The summed E-state index contributed by atoms with van der Waals surface area (Å²) >= 11 is 0. The normalized spacial score (nSPS) is 17.6. The van der Waals surface area contributed by atoms with Gasteiger partial charge >= 0.3 is 0 Å². The molecule has 0 bridgehead atoms. The van der Waals surface area contributed by atoms with Gasteiger partial charge < -0.3 is 10.2 Å². The van der Waals surface area contributed by atoms with E-state index < -0.39 is 5.92 Å². The summed E-state index contributed by atoms with van der Waals surface area (Å²) in [4.78, 5) is 26.3. The second kappa shape index (κ2) is 5.97. The van der Waals surface area contributed by atoms with Crippen LogP contribution in [0.25, 0.3) is 0 Å². The van der Waals surface area contributed by atoms with Crippen molar-refractivity contribution < 1.29 is 14.0 Å². The van der Waals surface area contributed by atoms with Crippen molar-refractivity contribution in [1.29, 1.82) is 0 Å². The average molecular weight is 298 g/mol. The first kappa shape index (κ1) is 14.3. The van der Waals surface area contributed by atoms with Crippen LogP contribution in [0, 0.1) is 11.7 Å². The molecule has 0 aromatic heterocycles. The van der Waals surface area contributed by atoms with Crippen LogP contribution in [-0.2, 0) is 9.59 Å². The summed E-state index contributed by atoms with van der Waals surface area (Å²) < 4.78 is 12.9. The summed E-state index contributed by atoms with van der Waals surface area (Å²) in [5, 5.41) is 2.66. The molecule has 1 aliphatic heterocycles. The highest BCUT2D eigenvalue weighted by Crippen LogP contribution is 2.26. The van der Waals surface area contributed by atoms with Crippen molar-refractivity contribution in [3.05, 3.63) is 60.4 Å². The molecule has 3 rings (SSSR count). The van der Waals surface area contributed by atoms with Crippen LogP contribution in [0.2, 0.25) is 0 Å². The Morgan fingerprint density at radius 3 is 2.45 bits per heavy atom. The van der Waals surface area contributed by atoms with Gasteiger partial charge in [-0.1, -0.05) is 18.2 Å². The van der Waals surface area contributed by atoms with Crippen LogP contribution in [0.4, 0.5) is 15.8 Å². The van der Waals surface area contributed by atoms with E-state index in [-0.39, 0.29) is 17.6 Å². The quantitative estimate of drug-likeness (QED) is 0.886. The molecule has 1 fully saturated rings. The second-order valence-corrected chi connectivity index (χ2v) is 5.16. The Bertz CT molecular complexity index is 686. The highest BCUT2D eigenvalue weighted by Gasteiger charge is 2.37. The fourth-order valence-electron chi connectivity index (χ4n) is 2.55. The zero-order valence-electron chi connectivity index (χ0n) is 11.8. The molecule has 1 aliphatic rings. The predicted octanol–water partition coefficient (Wildman–Crippen LogP) is 2.82. The molecule has 1 unspecified atom stereocenters. The summed E-state index contributed by atoms with van der Waals surface area (Å²) in [6, 6.07) is 14.8. The summed E-state index contributed by atoms with van der Waals surface area (Å²) in [6.07, 6.45) is 0.473. The molecule has 4 nitrogen and oxygen atoms in total. The molecule has 112 valence electrons. The van der Waals surface area contributed by atoms with Crippen LogP contribution in [0.1, 0.15) is 6.42 Å². The summed E-state index contributed by atoms with van der Waals surface area (Å²) in [5.41, 5.74) is 1.28. The number of halogens is 1. The summed E-state index contributed by atoms with van der Waals surface area (Å²) in [7, 11) is 0. The molecule has 2 aromatic carbocycles. The van der Waals surface area contributed by atoms with Crippen molar-refractivity contribution in [1.82, 2.24) is 0 Å².